The molecule has 0 atom stereocenters. The van der Waals surface area contributed by atoms with Gasteiger partial charge in [-0.05, 0) is 37.6 Å². The highest BCUT2D eigenvalue weighted by molar-refractivity contribution is 9.10. The van der Waals surface area contributed by atoms with Gasteiger partial charge in [-0.3, -0.25) is 0 Å². The Morgan fingerprint density at radius 3 is 2.65 bits per heavy atom. The van der Waals surface area contributed by atoms with Crippen molar-refractivity contribution in [3.63, 3.8) is 0 Å². The number of piperidine rings is 1. The fourth-order valence-electron chi connectivity index (χ4n) is 2.83. The van der Waals surface area contributed by atoms with Crippen LogP contribution in [0.3, 0.4) is 0 Å². The van der Waals surface area contributed by atoms with E-state index in [1.807, 2.05) is 6.07 Å². The average Bonchev–Trinajstić information content (AvgIpc) is 2.46. The first-order valence-electron chi connectivity index (χ1n) is 7.07. The molecule has 1 aliphatic rings. The van der Waals surface area contributed by atoms with Crippen LogP contribution in [0.5, 0.6) is 0 Å². The van der Waals surface area contributed by atoms with Crippen molar-refractivity contribution in [2.24, 2.45) is 5.73 Å². The second-order valence-corrected chi connectivity index (χ2v) is 6.66. The van der Waals surface area contributed by atoms with Crippen molar-refractivity contribution in [1.29, 1.82) is 0 Å². The molecule has 20 heavy (non-hydrogen) atoms. The van der Waals surface area contributed by atoms with Crippen LogP contribution in [0.2, 0.25) is 0 Å². The molecule has 1 aromatic carbocycles. The maximum Gasteiger partial charge on any atom is 0.106 e. The lowest BCUT2D eigenvalue weighted by Gasteiger charge is -2.38. The summed E-state index contributed by atoms with van der Waals surface area (Å²) in [6.45, 7) is 5.71. The lowest BCUT2D eigenvalue weighted by Crippen LogP contribution is -2.43. The van der Waals surface area contributed by atoms with Gasteiger partial charge in [0.15, 0.2) is 0 Å². The minimum absolute atomic E-state index is 0.458. The maximum absolute atomic E-state index is 5.87. The number of thiocarbonyl (C=S) groups is 1. The second kappa shape index (κ2) is 6.87. The molecule has 1 aliphatic heterocycles. The molecule has 1 saturated heterocycles. The number of rotatable bonds is 4. The summed E-state index contributed by atoms with van der Waals surface area (Å²) in [7, 11) is 2.15. The highest BCUT2D eigenvalue weighted by Crippen LogP contribution is 2.28. The first-order valence-corrected chi connectivity index (χ1v) is 8.27. The van der Waals surface area contributed by atoms with Gasteiger partial charge < -0.3 is 15.5 Å². The number of nitrogens with zero attached hydrogens (tertiary/aromatic N) is 2. The zero-order valence-electron chi connectivity index (χ0n) is 12.1. The van der Waals surface area contributed by atoms with Crippen LogP contribution in [-0.4, -0.2) is 42.6 Å². The lowest BCUT2D eigenvalue weighted by molar-refractivity contribution is 0.221. The minimum Gasteiger partial charge on any atom is -0.389 e. The topological polar surface area (TPSA) is 32.5 Å². The summed E-state index contributed by atoms with van der Waals surface area (Å²) >= 11 is 8.68. The van der Waals surface area contributed by atoms with Crippen molar-refractivity contribution < 1.29 is 0 Å². The fraction of sp³-hybridized carbons (Fsp3) is 0.533. The molecule has 0 amide bonds. The Morgan fingerprint density at radius 1 is 1.45 bits per heavy atom. The summed E-state index contributed by atoms with van der Waals surface area (Å²) in [5, 5.41) is 0. The molecule has 2 rings (SSSR count). The first kappa shape index (κ1) is 15.7. The Hall–Kier alpha value is -0.650. The van der Waals surface area contributed by atoms with Gasteiger partial charge in [0.2, 0.25) is 0 Å². The molecular weight excluding hydrogens is 334 g/mol. The van der Waals surface area contributed by atoms with Gasteiger partial charge in [-0.1, -0.05) is 35.1 Å². The van der Waals surface area contributed by atoms with E-state index in [9.17, 15) is 0 Å². The van der Waals surface area contributed by atoms with Gasteiger partial charge in [0.25, 0.3) is 0 Å². The van der Waals surface area contributed by atoms with E-state index in [1.54, 1.807) is 0 Å². The van der Waals surface area contributed by atoms with Crippen LogP contribution in [-0.2, 0) is 0 Å². The van der Waals surface area contributed by atoms with Crippen molar-refractivity contribution in [2.45, 2.75) is 25.8 Å². The van der Waals surface area contributed by atoms with E-state index in [1.165, 1.54) is 25.9 Å². The number of hydrogen-bond acceptors (Lipinski definition) is 3. The molecule has 5 heteroatoms. The minimum atomic E-state index is 0.458. The Labute approximate surface area is 135 Å². The Kier molecular flexibility index (Phi) is 5.41. The molecule has 0 radical (unpaired) electrons. The molecule has 1 heterocycles. The van der Waals surface area contributed by atoms with Crippen molar-refractivity contribution in [2.75, 3.05) is 31.6 Å². The molecule has 0 saturated carbocycles. The normalized spacial score (nSPS) is 17.1. The van der Waals surface area contributed by atoms with Crippen LogP contribution >= 0.6 is 28.1 Å². The van der Waals surface area contributed by atoms with E-state index in [4.69, 9.17) is 18.0 Å². The van der Waals surface area contributed by atoms with Crippen LogP contribution < -0.4 is 10.6 Å². The summed E-state index contributed by atoms with van der Waals surface area (Å²) < 4.78 is 1.01. The zero-order chi connectivity index (χ0) is 14.7. The van der Waals surface area contributed by atoms with E-state index in [-0.39, 0.29) is 0 Å². The molecule has 0 unspecified atom stereocenters. The van der Waals surface area contributed by atoms with E-state index in [0.717, 1.165) is 22.3 Å². The largest absolute Gasteiger partial charge is 0.389 e. The Bertz CT molecular complexity index is 484. The van der Waals surface area contributed by atoms with Gasteiger partial charge >= 0.3 is 0 Å². The van der Waals surface area contributed by atoms with Crippen LogP contribution in [0.15, 0.2) is 22.7 Å². The number of anilines is 1. The number of likely N-dealkylation sites (tertiary alicyclic amines) is 1. The van der Waals surface area contributed by atoms with E-state index >= 15 is 0 Å². The van der Waals surface area contributed by atoms with Crippen LogP contribution in [0.1, 0.15) is 25.3 Å². The first-order chi connectivity index (χ1) is 9.52. The van der Waals surface area contributed by atoms with Crippen molar-refractivity contribution in [3.05, 3.63) is 28.2 Å². The van der Waals surface area contributed by atoms with E-state index in [0.29, 0.717) is 11.0 Å². The van der Waals surface area contributed by atoms with Crippen molar-refractivity contribution in [1.82, 2.24) is 4.90 Å². The quantitative estimate of drug-likeness (QED) is 0.841. The zero-order valence-corrected chi connectivity index (χ0v) is 14.5. The number of nitrogens with two attached hydrogens (primary N) is 1. The molecule has 1 aromatic rings. The molecule has 0 bridgehead atoms. The number of hydrogen-bond donors (Lipinski definition) is 1. The lowest BCUT2D eigenvalue weighted by atomic mass is 10.0. The average molecular weight is 356 g/mol. The summed E-state index contributed by atoms with van der Waals surface area (Å²) in [5.74, 6) is 0. The SMILES string of the molecule is CCN1CCC(N(C)c2ccc(Br)cc2C(N)=S)CC1. The van der Waals surface area contributed by atoms with Crippen LogP contribution in [0, 0.1) is 0 Å². The molecule has 2 N–H and O–H groups in total. The van der Waals surface area contributed by atoms with Gasteiger partial charge in [-0.25, -0.2) is 0 Å². The molecule has 3 nitrogen and oxygen atoms in total. The molecule has 0 spiro atoms. The molecular formula is C15H22BrN3S. The molecule has 0 aromatic heterocycles. The predicted octanol–water partition coefficient (Wildman–Crippen LogP) is 3.00. The van der Waals surface area contributed by atoms with Gasteiger partial charge in [0, 0.05) is 41.9 Å². The maximum atomic E-state index is 5.87. The number of halogens is 1. The van der Waals surface area contributed by atoms with Crippen LogP contribution in [0.25, 0.3) is 0 Å². The highest BCUT2D eigenvalue weighted by Gasteiger charge is 2.23. The Morgan fingerprint density at radius 2 is 2.10 bits per heavy atom. The van der Waals surface area contributed by atoms with Crippen LogP contribution in [0.4, 0.5) is 5.69 Å². The molecule has 110 valence electrons. The third-order valence-corrected chi connectivity index (χ3v) is 4.87. The van der Waals surface area contributed by atoms with Gasteiger partial charge in [-0.15, -0.1) is 0 Å². The summed E-state index contributed by atoms with van der Waals surface area (Å²) in [6.07, 6.45) is 2.38. The van der Waals surface area contributed by atoms with Gasteiger partial charge in [-0.2, -0.15) is 0 Å². The van der Waals surface area contributed by atoms with Crippen molar-refractivity contribution >= 4 is 38.8 Å². The van der Waals surface area contributed by atoms with Crippen molar-refractivity contribution in [3.8, 4) is 0 Å². The predicted molar refractivity (Wildman–Crippen MR) is 93.6 cm³/mol. The second-order valence-electron chi connectivity index (χ2n) is 5.30. The summed E-state index contributed by atoms with van der Waals surface area (Å²) in [4.78, 5) is 5.30. The molecule has 0 aliphatic carbocycles. The fourth-order valence-corrected chi connectivity index (χ4v) is 3.36. The summed E-state index contributed by atoms with van der Waals surface area (Å²) in [6, 6.07) is 6.72. The third kappa shape index (κ3) is 3.51. The third-order valence-electron chi connectivity index (χ3n) is 4.16. The van der Waals surface area contributed by atoms with E-state index < -0.39 is 0 Å². The monoisotopic (exact) mass is 355 g/mol. The standard InChI is InChI=1S/C15H22BrN3S/c1-3-19-8-6-12(7-9-19)18(2)14-5-4-11(16)10-13(14)15(17)20/h4-5,10,12H,3,6-9H2,1-2H3,(H2,17,20). The van der Waals surface area contributed by atoms with E-state index in [2.05, 4.69) is 51.8 Å². The summed E-state index contributed by atoms with van der Waals surface area (Å²) in [5.41, 5.74) is 7.96. The molecule has 1 fully saturated rings. The Balaban J connectivity index is 2.17. The van der Waals surface area contributed by atoms with Gasteiger partial charge in [0.05, 0.1) is 0 Å². The van der Waals surface area contributed by atoms with Gasteiger partial charge in [0.1, 0.15) is 4.99 Å². The smallest absolute Gasteiger partial charge is 0.106 e. The highest BCUT2D eigenvalue weighted by atomic mass is 79.9. The number of benzene rings is 1.